The van der Waals surface area contributed by atoms with Gasteiger partial charge in [-0.15, -0.1) is 0 Å². The molecule has 0 saturated carbocycles. The zero-order chi connectivity index (χ0) is 17.8. The topological polar surface area (TPSA) is 59.1 Å². The summed E-state index contributed by atoms with van der Waals surface area (Å²) >= 11 is 7.35. The van der Waals surface area contributed by atoms with Gasteiger partial charge in [-0.2, -0.15) is 0 Å². The Morgan fingerprint density at radius 2 is 2.04 bits per heavy atom. The van der Waals surface area contributed by atoms with Gasteiger partial charge in [-0.3, -0.25) is 4.79 Å². The normalized spacial score (nSPS) is 11.8. The van der Waals surface area contributed by atoms with Crippen LogP contribution >= 0.6 is 22.9 Å². The number of rotatable bonds is 6. The van der Waals surface area contributed by atoms with E-state index in [4.69, 9.17) is 11.6 Å². The van der Waals surface area contributed by atoms with Gasteiger partial charge in [-0.1, -0.05) is 54.1 Å². The fourth-order valence-corrected chi connectivity index (χ4v) is 3.33. The van der Waals surface area contributed by atoms with Gasteiger partial charge in [-0.25, -0.2) is 4.98 Å². The number of hydrogen-bond acceptors (Lipinski definition) is 5. The van der Waals surface area contributed by atoms with Crippen LogP contribution in [0.3, 0.4) is 0 Å². The number of hydrogen-bond donors (Lipinski definition) is 1. The lowest BCUT2D eigenvalue weighted by atomic mass is 10.0. The van der Waals surface area contributed by atoms with E-state index in [2.05, 4.69) is 10.3 Å². The van der Waals surface area contributed by atoms with Gasteiger partial charge < -0.3 is 10.1 Å². The quantitative estimate of drug-likeness (QED) is 0.486. The molecule has 25 heavy (non-hydrogen) atoms. The number of ketones is 1. The number of aldehydes is 1. The highest BCUT2D eigenvalue weighted by Crippen LogP contribution is 2.27. The number of anilines is 2. The fraction of sp³-hybridized carbons (Fsp3) is 0.105. The van der Waals surface area contributed by atoms with Crippen LogP contribution < -0.4 is 5.32 Å². The number of aromatic nitrogens is 1. The number of nitrogens with zero attached hydrogens (tertiary/aromatic N) is 1. The van der Waals surface area contributed by atoms with E-state index in [1.165, 1.54) is 17.5 Å². The predicted octanol–water partition coefficient (Wildman–Crippen LogP) is 5.07. The van der Waals surface area contributed by atoms with E-state index in [1.807, 2.05) is 31.2 Å². The monoisotopic (exact) mass is 370 g/mol. The van der Waals surface area contributed by atoms with Gasteiger partial charge in [0.05, 0.1) is 16.1 Å². The molecule has 0 radical (unpaired) electrons. The Bertz CT molecular complexity index is 923. The van der Waals surface area contributed by atoms with Crippen molar-refractivity contribution < 1.29 is 9.59 Å². The lowest BCUT2D eigenvalue weighted by Gasteiger charge is -2.07. The molecule has 1 atom stereocenters. The van der Waals surface area contributed by atoms with Crippen LogP contribution in [0.25, 0.3) is 0 Å². The van der Waals surface area contributed by atoms with Crippen molar-refractivity contribution >= 4 is 45.8 Å². The maximum atomic E-state index is 12.5. The summed E-state index contributed by atoms with van der Waals surface area (Å²) in [6.45, 7) is 1.84. The molecule has 1 aromatic heterocycles. The number of thiazole rings is 1. The molecule has 1 unspecified atom stereocenters. The van der Waals surface area contributed by atoms with E-state index in [0.717, 1.165) is 17.5 Å². The van der Waals surface area contributed by atoms with Crippen molar-refractivity contribution in [3.05, 3.63) is 75.8 Å². The van der Waals surface area contributed by atoms with E-state index in [-0.39, 0.29) is 11.7 Å². The second kappa shape index (κ2) is 7.59. The van der Waals surface area contributed by atoms with Gasteiger partial charge in [0.2, 0.25) is 5.78 Å². The van der Waals surface area contributed by atoms with Gasteiger partial charge in [-0.05, 0) is 29.8 Å². The first-order valence-corrected chi connectivity index (χ1v) is 8.85. The molecule has 0 amide bonds. The largest absolute Gasteiger partial charge is 0.332 e. The van der Waals surface area contributed by atoms with Crippen LogP contribution in [-0.2, 0) is 4.79 Å². The fourth-order valence-electron chi connectivity index (χ4n) is 2.32. The van der Waals surface area contributed by atoms with Gasteiger partial charge in [0, 0.05) is 17.2 Å². The smallest absolute Gasteiger partial charge is 0.206 e. The molecular weight excluding hydrogens is 356 g/mol. The molecule has 1 heterocycles. The third kappa shape index (κ3) is 3.95. The molecule has 0 fully saturated rings. The molecule has 4 nitrogen and oxygen atoms in total. The predicted molar refractivity (Wildman–Crippen MR) is 101 cm³/mol. The first-order chi connectivity index (χ1) is 12.1. The van der Waals surface area contributed by atoms with Crippen LogP contribution in [0, 0.1) is 0 Å². The lowest BCUT2D eigenvalue weighted by Crippen LogP contribution is -1.99. The minimum atomic E-state index is -0.171. The van der Waals surface area contributed by atoms with Crippen molar-refractivity contribution in [2.24, 2.45) is 0 Å². The number of nitrogens with one attached hydrogen (secondary N) is 1. The minimum Gasteiger partial charge on any atom is -0.332 e. The average molecular weight is 371 g/mol. The third-order valence-corrected chi connectivity index (χ3v) is 4.96. The van der Waals surface area contributed by atoms with E-state index in [9.17, 15) is 9.59 Å². The summed E-state index contributed by atoms with van der Waals surface area (Å²) in [5, 5.41) is 4.20. The minimum absolute atomic E-state index is 0.153. The SMILES string of the molecule is CC(C=O)c1cccc(Nc2ncc(C(=O)c3ccccc3Cl)s2)c1. The number of carbonyl (C=O) groups excluding carboxylic acids is 2. The van der Waals surface area contributed by atoms with Gasteiger partial charge in [0.25, 0.3) is 0 Å². The standard InChI is InChI=1S/C19H15ClN2O2S/c1-12(11-23)13-5-4-6-14(9-13)22-19-21-10-17(25-19)18(24)15-7-2-3-8-16(15)20/h2-12H,1H3,(H,21,22). The maximum Gasteiger partial charge on any atom is 0.206 e. The molecule has 0 spiro atoms. The van der Waals surface area contributed by atoms with E-state index < -0.39 is 0 Å². The van der Waals surface area contributed by atoms with Crippen molar-refractivity contribution in [1.82, 2.24) is 4.98 Å². The molecule has 0 bridgehead atoms. The Morgan fingerprint density at radius 1 is 1.24 bits per heavy atom. The molecule has 0 saturated heterocycles. The summed E-state index contributed by atoms with van der Waals surface area (Å²) in [7, 11) is 0. The zero-order valence-corrected chi connectivity index (χ0v) is 15.0. The highest BCUT2D eigenvalue weighted by molar-refractivity contribution is 7.17. The van der Waals surface area contributed by atoms with Gasteiger partial charge in [0.1, 0.15) is 6.29 Å². The second-order valence-corrected chi connectivity index (χ2v) is 6.95. The van der Waals surface area contributed by atoms with Crippen molar-refractivity contribution in [3.63, 3.8) is 0 Å². The Hall–Kier alpha value is -2.50. The van der Waals surface area contributed by atoms with Crippen LogP contribution in [0.4, 0.5) is 10.8 Å². The number of benzene rings is 2. The third-order valence-electron chi connectivity index (χ3n) is 3.72. The Labute approximate surface area is 154 Å². The van der Waals surface area contributed by atoms with E-state index >= 15 is 0 Å². The van der Waals surface area contributed by atoms with Crippen LogP contribution in [0.2, 0.25) is 5.02 Å². The van der Waals surface area contributed by atoms with Crippen molar-refractivity contribution in [2.75, 3.05) is 5.32 Å². The highest BCUT2D eigenvalue weighted by atomic mass is 35.5. The maximum absolute atomic E-state index is 12.5. The summed E-state index contributed by atoms with van der Waals surface area (Å²) < 4.78 is 0. The molecule has 1 N–H and O–H groups in total. The van der Waals surface area contributed by atoms with Crippen molar-refractivity contribution in [1.29, 1.82) is 0 Å². The van der Waals surface area contributed by atoms with Crippen molar-refractivity contribution in [3.8, 4) is 0 Å². The lowest BCUT2D eigenvalue weighted by molar-refractivity contribution is -0.108. The van der Waals surface area contributed by atoms with Crippen molar-refractivity contribution in [2.45, 2.75) is 12.8 Å². The highest BCUT2D eigenvalue weighted by Gasteiger charge is 2.16. The Morgan fingerprint density at radius 3 is 2.80 bits per heavy atom. The molecule has 0 aliphatic heterocycles. The molecule has 0 aliphatic rings. The summed E-state index contributed by atoms with van der Waals surface area (Å²) in [5.41, 5.74) is 2.20. The molecule has 3 rings (SSSR count). The van der Waals surface area contributed by atoms with Crippen LogP contribution in [-0.4, -0.2) is 17.1 Å². The van der Waals surface area contributed by atoms with Gasteiger partial charge >= 0.3 is 0 Å². The first kappa shape index (κ1) is 17.3. The summed E-state index contributed by atoms with van der Waals surface area (Å²) in [4.78, 5) is 28.2. The Kier molecular flexibility index (Phi) is 5.26. The average Bonchev–Trinajstić information content (AvgIpc) is 3.09. The molecule has 6 heteroatoms. The zero-order valence-electron chi connectivity index (χ0n) is 13.4. The van der Waals surface area contributed by atoms with E-state index in [1.54, 1.807) is 24.3 Å². The molecule has 3 aromatic rings. The van der Waals surface area contributed by atoms with Gasteiger partial charge in [0.15, 0.2) is 5.13 Å². The molecule has 126 valence electrons. The first-order valence-electron chi connectivity index (χ1n) is 7.66. The second-order valence-electron chi connectivity index (χ2n) is 5.51. The number of halogens is 1. The van der Waals surface area contributed by atoms with E-state index in [0.29, 0.717) is 20.6 Å². The van der Waals surface area contributed by atoms with Crippen LogP contribution in [0.5, 0.6) is 0 Å². The number of carbonyl (C=O) groups is 2. The molecular formula is C19H15ClN2O2S. The summed E-state index contributed by atoms with van der Waals surface area (Å²) in [5.74, 6) is -0.324. The molecule has 2 aromatic carbocycles. The summed E-state index contributed by atoms with van der Waals surface area (Å²) in [6, 6.07) is 14.5. The van der Waals surface area contributed by atoms with Crippen LogP contribution in [0.15, 0.2) is 54.7 Å². The Balaban J connectivity index is 1.79. The van der Waals surface area contributed by atoms with Crippen LogP contribution in [0.1, 0.15) is 33.6 Å². The summed E-state index contributed by atoms with van der Waals surface area (Å²) in [6.07, 6.45) is 2.44. The molecule has 0 aliphatic carbocycles.